The molecule has 0 saturated heterocycles. The minimum Gasteiger partial charge on any atom is -0.309 e. The molecule has 4 heteroatoms. The van der Waals surface area contributed by atoms with Gasteiger partial charge in [0.15, 0.2) is 0 Å². The van der Waals surface area contributed by atoms with E-state index in [9.17, 15) is 4.39 Å². The third-order valence-electron chi connectivity index (χ3n) is 2.15. The predicted molar refractivity (Wildman–Crippen MR) is 63.6 cm³/mol. The lowest BCUT2D eigenvalue weighted by Crippen LogP contribution is -2.25. The molecule has 1 atom stereocenters. The van der Waals surface area contributed by atoms with E-state index in [1.807, 2.05) is 6.26 Å². The van der Waals surface area contributed by atoms with Gasteiger partial charge in [0.05, 0.1) is 6.20 Å². The zero-order chi connectivity index (χ0) is 11.1. The van der Waals surface area contributed by atoms with Crippen LogP contribution in [-0.4, -0.2) is 23.5 Å². The van der Waals surface area contributed by atoms with E-state index in [-0.39, 0.29) is 11.9 Å². The second kappa shape index (κ2) is 6.80. The lowest BCUT2D eigenvalue weighted by Gasteiger charge is -2.18. The van der Waals surface area contributed by atoms with Gasteiger partial charge in [0.2, 0.25) is 0 Å². The quantitative estimate of drug-likeness (QED) is 0.810. The zero-order valence-corrected chi connectivity index (χ0v) is 9.98. The summed E-state index contributed by atoms with van der Waals surface area (Å²) in [6.07, 6.45) is 5.99. The first-order valence-electron chi connectivity index (χ1n) is 5.11. The van der Waals surface area contributed by atoms with Gasteiger partial charge in [-0.2, -0.15) is 11.8 Å². The first-order chi connectivity index (χ1) is 7.29. The van der Waals surface area contributed by atoms with Crippen molar-refractivity contribution in [1.29, 1.82) is 0 Å². The van der Waals surface area contributed by atoms with Crippen LogP contribution in [0.25, 0.3) is 0 Å². The van der Waals surface area contributed by atoms with Crippen molar-refractivity contribution in [3.8, 4) is 0 Å². The average Bonchev–Trinajstić information content (AvgIpc) is 2.25. The Kier molecular flexibility index (Phi) is 5.65. The van der Waals surface area contributed by atoms with Crippen molar-refractivity contribution in [3.63, 3.8) is 0 Å². The fraction of sp³-hybridized carbons (Fsp3) is 0.545. The number of pyridine rings is 1. The first-order valence-corrected chi connectivity index (χ1v) is 6.50. The van der Waals surface area contributed by atoms with E-state index in [1.54, 1.807) is 24.0 Å². The Morgan fingerprint density at radius 2 is 2.40 bits per heavy atom. The van der Waals surface area contributed by atoms with Gasteiger partial charge >= 0.3 is 0 Å². The van der Waals surface area contributed by atoms with E-state index in [2.05, 4.69) is 17.2 Å². The van der Waals surface area contributed by atoms with Crippen molar-refractivity contribution >= 4 is 11.8 Å². The monoisotopic (exact) mass is 228 g/mol. The second-order valence-corrected chi connectivity index (χ2v) is 4.27. The highest BCUT2D eigenvalue weighted by Crippen LogP contribution is 2.19. The third-order valence-corrected chi connectivity index (χ3v) is 2.82. The first kappa shape index (κ1) is 12.5. The summed E-state index contributed by atoms with van der Waals surface area (Å²) in [6, 6.07) is 1.83. The number of aromatic nitrogens is 1. The van der Waals surface area contributed by atoms with Crippen LogP contribution >= 0.6 is 11.8 Å². The number of hydrogen-bond acceptors (Lipinski definition) is 3. The maximum atomic E-state index is 13.5. The van der Waals surface area contributed by atoms with Crippen LogP contribution in [0.5, 0.6) is 0 Å². The minimum absolute atomic E-state index is 0.0861. The molecule has 0 amide bonds. The summed E-state index contributed by atoms with van der Waals surface area (Å²) >= 11 is 1.71. The van der Waals surface area contributed by atoms with E-state index in [4.69, 9.17) is 0 Å². The van der Waals surface area contributed by atoms with Crippen molar-refractivity contribution in [2.75, 3.05) is 18.6 Å². The van der Waals surface area contributed by atoms with Crippen LogP contribution in [0.15, 0.2) is 18.5 Å². The van der Waals surface area contributed by atoms with Crippen LogP contribution in [0, 0.1) is 5.82 Å². The second-order valence-electron chi connectivity index (χ2n) is 3.36. The molecule has 1 N–H and O–H groups in total. The Morgan fingerprint density at radius 3 is 3.00 bits per heavy atom. The van der Waals surface area contributed by atoms with Crippen molar-refractivity contribution in [1.82, 2.24) is 10.3 Å². The summed E-state index contributed by atoms with van der Waals surface area (Å²) in [5.74, 6) is 0.654. The van der Waals surface area contributed by atoms with Gasteiger partial charge in [-0.1, -0.05) is 6.92 Å². The fourth-order valence-electron chi connectivity index (χ4n) is 1.41. The molecular formula is C11H17FN2S. The van der Waals surface area contributed by atoms with E-state index in [0.29, 0.717) is 5.56 Å². The van der Waals surface area contributed by atoms with Crippen LogP contribution in [0.1, 0.15) is 24.9 Å². The average molecular weight is 228 g/mol. The van der Waals surface area contributed by atoms with E-state index in [0.717, 1.165) is 18.7 Å². The van der Waals surface area contributed by atoms with E-state index < -0.39 is 0 Å². The van der Waals surface area contributed by atoms with Gasteiger partial charge in [0.25, 0.3) is 0 Å². The van der Waals surface area contributed by atoms with Crippen LogP contribution in [0.3, 0.4) is 0 Å². The van der Waals surface area contributed by atoms with Crippen LogP contribution in [0.2, 0.25) is 0 Å². The summed E-state index contributed by atoms with van der Waals surface area (Å²) in [6.45, 7) is 3.01. The highest BCUT2D eigenvalue weighted by Gasteiger charge is 2.13. The smallest absolute Gasteiger partial charge is 0.146 e. The van der Waals surface area contributed by atoms with Gasteiger partial charge in [-0.25, -0.2) is 4.39 Å². The predicted octanol–water partition coefficient (Wildman–Crippen LogP) is 2.62. The van der Waals surface area contributed by atoms with Crippen LogP contribution in [0.4, 0.5) is 4.39 Å². The molecule has 1 aromatic heterocycles. The molecule has 1 unspecified atom stereocenters. The summed E-state index contributed by atoms with van der Waals surface area (Å²) in [7, 11) is 0. The Hall–Kier alpha value is -0.610. The molecule has 15 heavy (non-hydrogen) atoms. The normalized spacial score (nSPS) is 12.7. The van der Waals surface area contributed by atoms with E-state index >= 15 is 0 Å². The van der Waals surface area contributed by atoms with Crippen molar-refractivity contribution < 1.29 is 4.39 Å². The Labute approximate surface area is 94.7 Å². The van der Waals surface area contributed by atoms with Gasteiger partial charge in [-0.05, 0) is 25.3 Å². The lowest BCUT2D eigenvalue weighted by atomic mass is 10.1. The summed E-state index contributed by atoms with van der Waals surface area (Å²) in [5, 5.41) is 3.34. The maximum absolute atomic E-state index is 13.5. The largest absolute Gasteiger partial charge is 0.309 e. The number of halogens is 1. The van der Waals surface area contributed by atoms with Crippen molar-refractivity contribution in [3.05, 3.63) is 29.8 Å². The van der Waals surface area contributed by atoms with Gasteiger partial charge in [0.1, 0.15) is 5.82 Å². The summed E-state index contributed by atoms with van der Waals surface area (Å²) in [4.78, 5) is 3.76. The fourth-order valence-corrected chi connectivity index (χ4v) is 2.04. The molecule has 0 spiro atoms. The van der Waals surface area contributed by atoms with Gasteiger partial charge < -0.3 is 5.32 Å². The molecule has 1 rings (SSSR count). The number of thioether (sulfide) groups is 1. The highest BCUT2D eigenvalue weighted by atomic mass is 32.2. The molecule has 0 bridgehead atoms. The summed E-state index contributed by atoms with van der Waals surface area (Å²) in [5.41, 5.74) is 0.716. The van der Waals surface area contributed by atoms with E-state index in [1.165, 1.54) is 6.20 Å². The SMILES string of the molecule is CCCNC(CSC)c1ccncc1F. The van der Waals surface area contributed by atoms with Gasteiger partial charge in [-0.15, -0.1) is 0 Å². The van der Waals surface area contributed by atoms with Gasteiger partial charge in [-0.3, -0.25) is 4.98 Å². The molecule has 0 saturated carbocycles. The Balaban J connectivity index is 2.74. The molecule has 0 radical (unpaired) electrons. The lowest BCUT2D eigenvalue weighted by molar-refractivity contribution is 0.529. The van der Waals surface area contributed by atoms with Crippen LogP contribution < -0.4 is 5.32 Å². The molecule has 2 nitrogen and oxygen atoms in total. The molecule has 0 fully saturated rings. The maximum Gasteiger partial charge on any atom is 0.146 e. The molecular weight excluding hydrogens is 211 g/mol. The zero-order valence-electron chi connectivity index (χ0n) is 9.16. The molecule has 0 aromatic carbocycles. The number of rotatable bonds is 6. The minimum atomic E-state index is -0.222. The van der Waals surface area contributed by atoms with Gasteiger partial charge in [0, 0.05) is 23.6 Å². The molecule has 1 heterocycles. The van der Waals surface area contributed by atoms with Crippen LogP contribution in [-0.2, 0) is 0 Å². The number of nitrogens with zero attached hydrogens (tertiary/aromatic N) is 1. The molecule has 84 valence electrons. The third kappa shape index (κ3) is 3.80. The molecule has 0 aliphatic rings. The highest BCUT2D eigenvalue weighted by molar-refractivity contribution is 7.98. The Bertz CT molecular complexity index is 294. The van der Waals surface area contributed by atoms with Crippen molar-refractivity contribution in [2.24, 2.45) is 0 Å². The number of hydrogen-bond donors (Lipinski definition) is 1. The Morgan fingerprint density at radius 1 is 1.60 bits per heavy atom. The molecule has 1 aromatic rings. The molecule has 0 aliphatic carbocycles. The summed E-state index contributed by atoms with van der Waals surface area (Å²) < 4.78 is 13.5. The number of nitrogens with one attached hydrogen (secondary N) is 1. The topological polar surface area (TPSA) is 24.9 Å². The van der Waals surface area contributed by atoms with Crippen molar-refractivity contribution in [2.45, 2.75) is 19.4 Å². The molecule has 0 aliphatic heterocycles. The standard InChI is InChI=1S/C11H17FN2S/c1-3-5-14-11(8-15-2)9-4-6-13-7-10(9)12/h4,6-7,11,14H,3,5,8H2,1-2H3.